The molecule has 0 aliphatic heterocycles. The van der Waals surface area contributed by atoms with Crippen molar-refractivity contribution in [1.82, 2.24) is 10.4 Å². The van der Waals surface area contributed by atoms with E-state index in [1.54, 1.807) is 6.92 Å². The first-order valence-electron chi connectivity index (χ1n) is 9.37. The number of amides is 2. The summed E-state index contributed by atoms with van der Waals surface area (Å²) in [5.41, 5.74) is 2.93. The molecule has 0 saturated heterocycles. The fourth-order valence-electron chi connectivity index (χ4n) is 2.76. The Balaban J connectivity index is 1.69. The van der Waals surface area contributed by atoms with Crippen molar-refractivity contribution in [3.8, 4) is 0 Å². The molecule has 0 atom stereocenters. The van der Waals surface area contributed by atoms with Crippen molar-refractivity contribution < 1.29 is 23.9 Å². The highest BCUT2D eigenvalue weighted by atomic mass is 16.6. The summed E-state index contributed by atoms with van der Waals surface area (Å²) in [4.78, 5) is 36.7. The molecule has 0 bridgehead atoms. The fourth-order valence-corrected chi connectivity index (χ4v) is 2.76. The van der Waals surface area contributed by atoms with Crippen molar-refractivity contribution in [2.45, 2.75) is 25.7 Å². The molecule has 0 spiro atoms. The van der Waals surface area contributed by atoms with E-state index in [-0.39, 0.29) is 19.0 Å². The van der Waals surface area contributed by atoms with Gasteiger partial charge in [0.05, 0.1) is 0 Å². The minimum absolute atomic E-state index is 0.0271. The minimum Gasteiger partial charge on any atom is -0.443 e. The first-order chi connectivity index (χ1) is 14.5. The van der Waals surface area contributed by atoms with Crippen LogP contribution in [0.5, 0.6) is 0 Å². The second-order valence-electron chi connectivity index (χ2n) is 6.84. The molecule has 154 valence electrons. The molecule has 0 fully saturated rings. The van der Waals surface area contributed by atoms with Crippen molar-refractivity contribution in [2.75, 3.05) is 0 Å². The zero-order valence-electron chi connectivity index (χ0n) is 16.5. The Hall–Kier alpha value is -3.87. The number of hydrogen-bond acceptors (Lipinski definition) is 5. The third-order valence-electron chi connectivity index (χ3n) is 4.46. The Bertz CT molecular complexity index is 938. The predicted molar refractivity (Wildman–Crippen MR) is 110 cm³/mol. The molecule has 1 N–H and O–H groups in total. The van der Waals surface area contributed by atoms with Crippen molar-refractivity contribution in [2.24, 2.45) is 0 Å². The van der Waals surface area contributed by atoms with Gasteiger partial charge < -0.3 is 9.47 Å². The molecule has 0 heterocycles. The molecule has 2 aromatic rings. The summed E-state index contributed by atoms with van der Waals surface area (Å²) in [6, 6.07) is 18.3. The number of nitrogens with one attached hydrogen (secondary N) is 1. The summed E-state index contributed by atoms with van der Waals surface area (Å²) >= 11 is 0. The predicted octanol–water partition coefficient (Wildman–Crippen LogP) is 3.92. The number of benzene rings is 2. The second-order valence-corrected chi connectivity index (χ2v) is 6.84. The first kappa shape index (κ1) is 20.9. The van der Waals surface area contributed by atoms with Gasteiger partial charge in [-0.1, -0.05) is 60.7 Å². The molecule has 2 amide bonds. The van der Waals surface area contributed by atoms with Gasteiger partial charge in [-0.25, -0.2) is 20.0 Å². The zero-order chi connectivity index (χ0) is 21.4. The third kappa shape index (κ3) is 5.57. The minimum atomic E-state index is -1.10. The van der Waals surface area contributed by atoms with Gasteiger partial charge in [0, 0.05) is 0 Å². The molecule has 1 aliphatic rings. The standard InChI is InChI=1S/C23H22N2O5/c1-23(14-12-20(26)13-15-23)25(22(28)30-17-19-10-6-3-7-11-19)24-21(27)29-16-18-8-4-2-5-9-18/h2-15H,16-17H2,1H3,(H,24,27). The summed E-state index contributed by atoms with van der Waals surface area (Å²) in [6.45, 7) is 1.73. The number of carbonyl (C=O) groups excluding carboxylic acids is 3. The monoisotopic (exact) mass is 406 g/mol. The molecule has 0 saturated carbocycles. The lowest BCUT2D eigenvalue weighted by Crippen LogP contribution is -2.57. The zero-order valence-corrected chi connectivity index (χ0v) is 16.5. The van der Waals surface area contributed by atoms with Crippen LogP contribution in [0.2, 0.25) is 0 Å². The summed E-state index contributed by atoms with van der Waals surface area (Å²) in [7, 11) is 0. The topological polar surface area (TPSA) is 84.9 Å². The van der Waals surface area contributed by atoms with E-state index in [9.17, 15) is 14.4 Å². The number of allylic oxidation sites excluding steroid dienone is 2. The van der Waals surface area contributed by atoms with Gasteiger partial charge in [0.2, 0.25) is 0 Å². The van der Waals surface area contributed by atoms with E-state index < -0.39 is 17.7 Å². The summed E-state index contributed by atoms with van der Waals surface area (Å²) in [5.74, 6) is -0.211. The van der Waals surface area contributed by atoms with Gasteiger partial charge >= 0.3 is 12.2 Å². The molecule has 0 unspecified atom stereocenters. The quantitative estimate of drug-likeness (QED) is 0.761. The largest absolute Gasteiger partial charge is 0.443 e. The molecule has 7 nitrogen and oxygen atoms in total. The van der Waals surface area contributed by atoms with Gasteiger partial charge in [-0.05, 0) is 42.4 Å². The maximum atomic E-state index is 12.8. The van der Waals surface area contributed by atoms with Crippen LogP contribution in [-0.4, -0.2) is 28.5 Å². The van der Waals surface area contributed by atoms with Crippen molar-refractivity contribution in [3.63, 3.8) is 0 Å². The molecule has 0 aromatic heterocycles. The van der Waals surface area contributed by atoms with Crippen LogP contribution < -0.4 is 5.43 Å². The van der Waals surface area contributed by atoms with Crippen molar-refractivity contribution >= 4 is 18.0 Å². The Morgan fingerprint density at radius 3 is 1.90 bits per heavy atom. The van der Waals surface area contributed by atoms with E-state index in [2.05, 4.69) is 5.43 Å². The fraction of sp³-hybridized carbons (Fsp3) is 0.174. The van der Waals surface area contributed by atoms with E-state index in [1.807, 2.05) is 60.7 Å². The number of nitrogens with zero attached hydrogens (tertiary/aromatic N) is 1. The van der Waals surface area contributed by atoms with Crippen LogP contribution in [0.1, 0.15) is 18.1 Å². The second kappa shape index (κ2) is 9.56. The average molecular weight is 406 g/mol. The number of carbonyl (C=O) groups is 3. The first-order valence-corrected chi connectivity index (χ1v) is 9.37. The smallest absolute Gasteiger partial charge is 0.430 e. The number of hydrogen-bond donors (Lipinski definition) is 1. The third-order valence-corrected chi connectivity index (χ3v) is 4.46. The van der Waals surface area contributed by atoms with Gasteiger partial charge in [-0.3, -0.25) is 4.79 Å². The van der Waals surface area contributed by atoms with E-state index in [0.29, 0.717) is 0 Å². The summed E-state index contributed by atoms with van der Waals surface area (Å²) in [6.07, 6.45) is 4.06. The van der Waals surface area contributed by atoms with Crippen LogP contribution in [0.15, 0.2) is 85.0 Å². The maximum absolute atomic E-state index is 12.8. The molecule has 3 rings (SSSR count). The van der Waals surface area contributed by atoms with Gasteiger partial charge in [-0.15, -0.1) is 0 Å². The maximum Gasteiger partial charge on any atom is 0.430 e. The molecule has 30 heavy (non-hydrogen) atoms. The Labute approximate surface area is 174 Å². The lowest BCUT2D eigenvalue weighted by atomic mass is 9.95. The Kier molecular flexibility index (Phi) is 6.64. The van der Waals surface area contributed by atoms with Crippen LogP contribution in [0.3, 0.4) is 0 Å². The van der Waals surface area contributed by atoms with E-state index >= 15 is 0 Å². The highest BCUT2D eigenvalue weighted by molar-refractivity contribution is 6.00. The summed E-state index contributed by atoms with van der Waals surface area (Å²) in [5, 5.41) is 1.00. The molecule has 1 aliphatic carbocycles. The van der Waals surface area contributed by atoms with Gasteiger partial charge in [0.1, 0.15) is 18.8 Å². The number of ketones is 1. The number of ether oxygens (including phenoxy) is 2. The van der Waals surface area contributed by atoms with Gasteiger partial charge in [0.25, 0.3) is 0 Å². The highest BCUT2D eigenvalue weighted by Gasteiger charge is 2.36. The molecule has 2 aromatic carbocycles. The lowest BCUT2D eigenvalue weighted by molar-refractivity contribution is -0.110. The van der Waals surface area contributed by atoms with Gasteiger partial charge in [-0.2, -0.15) is 0 Å². The van der Waals surface area contributed by atoms with Crippen LogP contribution >= 0.6 is 0 Å². The van der Waals surface area contributed by atoms with E-state index in [1.165, 1.54) is 24.3 Å². The average Bonchev–Trinajstić information content (AvgIpc) is 2.78. The van der Waals surface area contributed by atoms with Crippen LogP contribution in [0.25, 0.3) is 0 Å². The molecule has 0 radical (unpaired) electrons. The normalized spacial score (nSPS) is 14.1. The highest BCUT2D eigenvalue weighted by Crippen LogP contribution is 2.22. The van der Waals surface area contributed by atoms with Crippen molar-refractivity contribution in [1.29, 1.82) is 0 Å². The molecular formula is C23H22N2O5. The van der Waals surface area contributed by atoms with Crippen LogP contribution in [0, 0.1) is 0 Å². The molecule has 7 heteroatoms. The summed E-state index contributed by atoms with van der Waals surface area (Å²) < 4.78 is 10.6. The number of hydrazine groups is 1. The Morgan fingerprint density at radius 2 is 1.37 bits per heavy atom. The Morgan fingerprint density at radius 1 is 0.867 bits per heavy atom. The van der Waals surface area contributed by atoms with Crippen LogP contribution in [0.4, 0.5) is 9.59 Å². The SMILES string of the molecule is CC1(N(NC(=O)OCc2ccccc2)C(=O)OCc2ccccc2)C=CC(=O)C=C1. The van der Waals surface area contributed by atoms with Crippen LogP contribution in [-0.2, 0) is 27.5 Å². The lowest BCUT2D eigenvalue weighted by Gasteiger charge is -2.36. The number of rotatable bonds is 5. The van der Waals surface area contributed by atoms with E-state index in [4.69, 9.17) is 9.47 Å². The molecular weight excluding hydrogens is 384 g/mol. The van der Waals surface area contributed by atoms with Gasteiger partial charge in [0.15, 0.2) is 5.78 Å². The van der Waals surface area contributed by atoms with Crippen molar-refractivity contribution in [3.05, 3.63) is 96.1 Å². The van der Waals surface area contributed by atoms with E-state index in [0.717, 1.165) is 16.1 Å².